The van der Waals surface area contributed by atoms with Crippen molar-refractivity contribution in [2.24, 2.45) is 16.9 Å². The van der Waals surface area contributed by atoms with Crippen LogP contribution in [0.15, 0.2) is 78.9 Å². The molecule has 3 aromatic rings. The Morgan fingerprint density at radius 1 is 0.943 bits per heavy atom. The quantitative estimate of drug-likeness (QED) is 0.174. The number of likely N-dealkylation sites (tertiary alicyclic amines) is 1. The minimum Gasteiger partial charge on any atom is -0.466 e. The van der Waals surface area contributed by atoms with Crippen molar-refractivity contribution in [3.63, 3.8) is 0 Å². The van der Waals surface area contributed by atoms with Gasteiger partial charge in [-0.1, -0.05) is 69.3 Å². The minimum atomic E-state index is -1.23. The third-order valence-electron chi connectivity index (χ3n) is 8.91. The van der Waals surface area contributed by atoms with Crippen LogP contribution in [0.25, 0.3) is 6.08 Å². The lowest BCUT2D eigenvalue weighted by Crippen LogP contribution is -2.57. The van der Waals surface area contributed by atoms with Crippen LogP contribution in [-0.2, 0) is 46.5 Å². The Morgan fingerprint density at radius 3 is 2.11 bits per heavy atom. The number of esters is 2. The van der Waals surface area contributed by atoms with Crippen molar-refractivity contribution in [3.05, 3.63) is 107 Å². The van der Waals surface area contributed by atoms with Gasteiger partial charge in [0.05, 0.1) is 13.7 Å². The largest absolute Gasteiger partial charge is 0.466 e. The number of carbonyl (C=O) groups excluding carboxylic acids is 6. The van der Waals surface area contributed by atoms with E-state index >= 15 is 0 Å². The summed E-state index contributed by atoms with van der Waals surface area (Å²) < 4.78 is 9.84. The van der Waals surface area contributed by atoms with Crippen LogP contribution in [0.3, 0.4) is 0 Å². The summed E-state index contributed by atoms with van der Waals surface area (Å²) in [5, 5.41) is 2.85. The van der Waals surface area contributed by atoms with E-state index in [1.807, 2.05) is 45.0 Å². The van der Waals surface area contributed by atoms with Crippen LogP contribution in [-0.4, -0.2) is 66.2 Å². The van der Waals surface area contributed by atoms with Gasteiger partial charge in [-0.25, -0.2) is 4.79 Å². The van der Waals surface area contributed by atoms with Gasteiger partial charge in [0.2, 0.25) is 29.7 Å². The van der Waals surface area contributed by atoms with Gasteiger partial charge in [0.25, 0.3) is 0 Å². The molecule has 53 heavy (non-hydrogen) atoms. The highest BCUT2D eigenvalue weighted by molar-refractivity contribution is 6.02. The van der Waals surface area contributed by atoms with Crippen LogP contribution in [0.5, 0.6) is 0 Å². The van der Waals surface area contributed by atoms with Crippen molar-refractivity contribution in [2.45, 2.75) is 71.8 Å². The molecule has 13 heteroatoms. The number of amides is 4. The summed E-state index contributed by atoms with van der Waals surface area (Å²) in [6, 6.07) is 18.7. The highest BCUT2D eigenvalue weighted by atomic mass is 16.6. The van der Waals surface area contributed by atoms with E-state index in [-0.39, 0.29) is 18.4 Å². The predicted octanol–water partition coefficient (Wildman–Crippen LogP) is 3.79. The summed E-state index contributed by atoms with van der Waals surface area (Å²) in [7, 11) is 1.19. The van der Waals surface area contributed by atoms with E-state index < -0.39 is 47.4 Å². The fourth-order valence-electron chi connectivity index (χ4n) is 6.02. The van der Waals surface area contributed by atoms with Gasteiger partial charge in [0.1, 0.15) is 12.1 Å². The fraction of sp³-hybridized carbons (Fsp3) is 0.350. The summed E-state index contributed by atoms with van der Waals surface area (Å²) in [6.45, 7) is 7.62. The molecule has 4 rings (SSSR count). The summed E-state index contributed by atoms with van der Waals surface area (Å²) in [5.41, 5.74) is 14.1. The number of benzene rings is 3. The van der Waals surface area contributed by atoms with E-state index in [0.717, 1.165) is 11.1 Å². The predicted molar refractivity (Wildman–Crippen MR) is 199 cm³/mol. The molecule has 1 aliphatic rings. The SMILES string of the molecule is COC(=O)C(OC(C)=O)c1ccc(C=CC(=O)N[C@H](C(=O)N2CCC[C@H]2C(=O)N(Cc2ccc(CN)cc2)c2ccc(C(N)=O)cc2)C(C)(C)C)cc1. The van der Waals surface area contributed by atoms with E-state index in [1.54, 1.807) is 64.4 Å². The normalized spacial score (nSPS) is 15.4. The number of hydrogen-bond donors (Lipinski definition) is 3. The molecule has 5 N–H and O–H groups in total. The molecule has 0 aromatic heterocycles. The molecule has 13 nitrogen and oxygen atoms in total. The van der Waals surface area contributed by atoms with E-state index in [0.29, 0.717) is 48.3 Å². The first kappa shape index (κ1) is 40.0. The third kappa shape index (κ3) is 10.4. The molecule has 0 saturated carbocycles. The Bertz CT molecular complexity index is 1830. The zero-order chi connectivity index (χ0) is 38.9. The van der Waals surface area contributed by atoms with E-state index in [4.69, 9.17) is 20.9 Å². The van der Waals surface area contributed by atoms with Gasteiger partial charge >= 0.3 is 11.9 Å². The standard InChI is InChI=1S/C40H47N5O8/c1-25(46)53-34(39(51)52-5)29-15-12-26(13-16-29)14-21-33(47)43-35(40(2,3)4)38(50)44-22-6-7-32(44)37(49)45(24-28-10-8-27(23-41)9-11-28)31-19-17-30(18-20-31)36(42)48/h8-21,32,34-35H,6-7,22-24,41H2,1-5H3,(H2,42,48)(H,43,47)/t32-,34?,35+/m0/s1. The highest BCUT2D eigenvalue weighted by Crippen LogP contribution is 2.29. The van der Waals surface area contributed by atoms with Gasteiger partial charge in [-0.2, -0.15) is 0 Å². The molecule has 1 unspecified atom stereocenters. The number of hydrogen-bond acceptors (Lipinski definition) is 9. The van der Waals surface area contributed by atoms with Gasteiger partial charge in [0.15, 0.2) is 0 Å². The minimum absolute atomic E-state index is 0.205. The summed E-state index contributed by atoms with van der Waals surface area (Å²) >= 11 is 0. The first-order chi connectivity index (χ1) is 25.1. The average Bonchev–Trinajstić information content (AvgIpc) is 3.64. The topological polar surface area (TPSA) is 191 Å². The van der Waals surface area contributed by atoms with Gasteiger partial charge in [0, 0.05) is 42.9 Å². The monoisotopic (exact) mass is 725 g/mol. The molecule has 0 spiro atoms. The zero-order valence-electron chi connectivity index (χ0n) is 30.7. The van der Waals surface area contributed by atoms with Crippen LogP contribution < -0.4 is 21.7 Å². The van der Waals surface area contributed by atoms with Crippen molar-refractivity contribution < 1.29 is 38.2 Å². The lowest BCUT2D eigenvalue weighted by molar-refractivity contribution is -0.165. The number of rotatable bonds is 13. The molecular weight excluding hydrogens is 678 g/mol. The molecule has 280 valence electrons. The molecule has 3 aromatic carbocycles. The van der Waals surface area contributed by atoms with Gasteiger partial charge in [-0.15, -0.1) is 0 Å². The number of anilines is 1. The molecular formula is C40H47N5O8. The number of carbonyl (C=O) groups is 6. The molecule has 0 radical (unpaired) electrons. The van der Waals surface area contributed by atoms with Crippen LogP contribution >= 0.6 is 0 Å². The maximum Gasteiger partial charge on any atom is 0.351 e. The second kappa shape index (κ2) is 17.6. The second-order valence-electron chi connectivity index (χ2n) is 13.9. The van der Waals surface area contributed by atoms with Gasteiger partial charge < -0.3 is 36.1 Å². The molecule has 1 fully saturated rings. The van der Waals surface area contributed by atoms with Crippen LogP contribution in [0.4, 0.5) is 5.69 Å². The smallest absolute Gasteiger partial charge is 0.351 e. The number of nitrogens with zero attached hydrogens (tertiary/aromatic N) is 2. The number of nitrogens with two attached hydrogens (primary N) is 2. The maximum absolute atomic E-state index is 14.4. The Morgan fingerprint density at radius 2 is 1.57 bits per heavy atom. The number of methoxy groups -OCH3 is 1. The fourth-order valence-corrected chi connectivity index (χ4v) is 6.02. The molecule has 1 saturated heterocycles. The van der Waals surface area contributed by atoms with Crippen molar-refractivity contribution in [1.82, 2.24) is 10.2 Å². The number of ether oxygens (including phenoxy) is 2. The molecule has 1 heterocycles. The zero-order valence-corrected chi connectivity index (χ0v) is 30.7. The Hall–Kier alpha value is -5.82. The van der Waals surface area contributed by atoms with Crippen LogP contribution in [0.1, 0.15) is 79.3 Å². The maximum atomic E-state index is 14.4. The molecule has 3 atom stereocenters. The van der Waals surface area contributed by atoms with Gasteiger partial charge in [-0.3, -0.25) is 24.0 Å². The summed E-state index contributed by atoms with van der Waals surface area (Å²) in [6.07, 6.45) is 2.64. The van der Waals surface area contributed by atoms with E-state index in [1.165, 1.54) is 20.1 Å². The Balaban J connectivity index is 1.53. The van der Waals surface area contributed by atoms with Gasteiger partial charge in [-0.05, 0) is 65.3 Å². The molecule has 4 amide bonds. The van der Waals surface area contributed by atoms with Crippen molar-refractivity contribution in [3.8, 4) is 0 Å². The lowest BCUT2D eigenvalue weighted by Gasteiger charge is -2.36. The second-order valence-corrected chi connectivity index (χ2v) is 13.9. The van der Waals surface area contributed by atoms with Crippen molar-refractivity contribution in [2.75, 3.05) is 18.6 Å². The lowest BCUT2D eigenvalue weighted by atomic mass is 9.85. The Kier molecular flexibility index (Phi) is 13.3. The van der Waals surface area contributed by atoms with Crippen molar-refractivity contribution in [1.29, 1.82) is 0 Å². The molecule has 1 aliphatic heterocycles. The van der Waals surface area contributed by atoms with Crippen molar-refractivity contribution >= 4 is 47.3 Å². The summed E-state index contributed by atoms with van der Waals surface area (Å²) in [4.78, 5) is 80.4. The number of primary amides is 1. The first-order valence-corrected chi connectivity index (χ1v) is 17.3. The van der Waals surface area contributed by atoms with Crippen LogP contribution in [0.2, 0.25) is 0 Å². The van der Waals surface area contributed by atoms with Crippen LogP contribution in [0, 0.1) is 5.41 Å². The highest BCUT2D eigenvalue weighted by Gasteiger charge is 2.43. The van der Waals surface area contributed by atoms with E-state index in [9.17, 15) is 28.8 Å². The van der Waals surface area contributed by atoms with E-state index in [2.05, 4.69) is 5.32 Å². The molecule has 0 bridgehead atoms. The number of nitrogens with one attached hydrogen (secondary N) is 1. The Labute approximate surface area is 309 Å². The third-order valence-corrected chi connectivity index (χ3v) is 8.91. The first-order valence-electron chi connectivity index (χ1n) is 17.3. The summed E-state index contributed by atoms with van der Waals surface area (Å²) in [5.74, 6) is -3.16. The molecule has 0 aliphatic carbocycles. The average molecular weight is 726 g/mol.